The van der Waals surface area contributed by atoms with Gasteiger partial charge < -0.3 is 65.9 Å². The Kier molecular flexibility index (Phi) is 28.2. The predicted molar refractivity (Wildman–Crippen MR) is 471 cm³/mol. The highest BCUT2D eigenvalue weighted by Gasteiger charge is 2.81. The molecule has 8 aliphatic carbocycles. The summed E-state index contributed by atoms with van der Waals surface area (Å²) in [7, 11) is 0. The number of ketones is 6. The van der Waals surface area contributed by atoms with Gasteiger partial charge in [0.05, 0.1) is 42.9 Å². The third kappa shape index (κ3) is 18.2. The number of benzene rings is 4. The zero-order valence-corrected chi connectivity index (χ0v) is 75.4. The fraction of sp³-hybridized carbons (Fsp3) is 0.480. The molecule has 13 aliphatic rings. The second-order valence-corrected chi connectivity index (χ2v) is 38.1. The lowest BCUT2D eigenvalue weighted by Gasteiger charge is -2.59. The molecule has 17 rings (SSSR count). The number of alkyl halides is 4. The highest BCUT2D eigenvalue weighted by molar-refractivity contribution is 6.14. The number of carbonyl (C=O) groups is 16. The number of anilines is 2. The van der Waals surface area contributed by atoms with Crippen LogP contribution in [0.2, 0.25) is 0 Å². The van der Waals surface area contributed by atoms with Crippen LogP contribution in [0.15, 0.2) is 169 Å². The van der Waals surface area contributed by atoms with Gasteiger partial charge in [0.1, 0.15) is 42.7 Å². The number of Topliss-reactive ketones (excluding diaryl/α,β-unsaturated/α-hetero) is 4. The number of ether oxygens (including phenoxy) is 4. The highest BCUT2D eigenvalue weighted by Crippen LogP contribution is 2.73. The number of imide groups is 3. The standard InChI is InChI=1S/C48H51F2N3O11.C41H46F2N2O8.C11H10N2O6/c1-25(17-37(56)26(2)51-41(59)15-16-53-42(60)13-14-43(53)61)44(62)52-30-6-4-5-28(19-30)18-27-7-9-29(10-8-27)45-63-40-22-34-35-21-36(49)32-20-31(55)11-12-33(32)47(35,50)38(57)23-46(34,3)48(40,64-45)39(58)24-54;1-21(13-33(48)22(2)44)37(51)45-26-6-4-5-24(15-26)14-23-7-9-25(10-8-23)38-52-36-18-30-31-17-32(42)28-16-27(47)11-12-29(28)40(31,43)34(49)19-39(30,3)41(36,53-38)35(50)20-46;14-7-1-2-8(15)12(7)6-5-11(18)19-13-9(16)3-4-10(13)17/h4-14,19-20,25-26,33-36,38,40,45,54,57H,15-18,21-24H2,1-3H3,(H,51,59)(H,52,62);4-12,15-16,21-22,29-32,34,36,38,46,49H,13-14,17-20,44H2,1-3H3,(H,45,51);1-2H,3-6H2/t25-,26+,33?,34+,35+,36+,38+,40-,45?,46+,47+,48-;21-,22+,29?,30+,31+,32+,34+,36-,38?,39+,40+,41-;/m11./s1. The maximum Gasteiger partial charge on any atom is 0.335 e. The Hall–Kier alpha value is -12.0. The molecule has 136 heavy (non-hydrogen) atoms. The van der Waals surface area contributed by atoms with E-state index in [2.05, 4.69) is 20.8 Å². The molecule has 5 heterocycles. The molecule has 6 saturated carbocycles. The monoisotopic (exact) mass is 1880 g/mol. The topological polar surface area (TPSA) is 472 Å². The number of aliphatic hydroxyl groups excluding tert-OH is 4. The molecular formula is C100H107F4N7O25. The zero-order chi connectivity index (χ0) is 97.9. The van der Waals surface area contributed by atoms with Crippen LogP contribution < -0.4 is 21.7 Å². The van der Waals surface area contributed by atoms with Crippen molar-refractivity contribution < 1.29 is 138 Å². The summed E-state index contributed by atoms with van der Waals surface area (Å²) in [4.78, 5) is 201. The van der Waals surface area contributed by atoms with Gasteiger partial charge in [-0.15, -0.1) is 5.06 Å². The summed E-state index contributed by atoms with van der Waals surface area (Å²) >= 11 is 0. The average molecular weight is 1880 g/mol. The number of nitrogens with one attached hydrogen (secondary N) is 3. The Morgan fingerprint density at radius 3 is 1.32 bits per heavy atom. The summed E-state index contributed by atoms with van der Waals surface area (Å²) < 4.78 is 92.0. The normalized spacial score (nSPS) is 32.7. The maximum atomic E-state index is 17.4. The first-order chi connectivity index (χ1) is 64.5. The van der Waals surface area contributed by atoms with Gasteiger partial charge in [-0.05, 0) is 159 Å². The van der Waals surface area contributed by atoms with E-state index in [-0.39, 0.29) is 119 Å². The number of hydrogen-bond acceptors (Lipinski definition) is 26. The van der Waals surface area contributed by atoms with Gasteiger partial charge >= 0.3 is 5.97 Å². The summed E-state index contributed by atoms with van der Waals surface area (Å²) in [6.45, 7) is 7.86. The summed E-state index contributed by atoms with van der Waals surface area (Å²) in [5.74, 6) is -14.7. The smallest absolute Gasteiger partial charge is 0.335 e. The van der Waals surface area contributed by atoms with Crippen molar-refractivity contribution in [3.8, 4) is 0 Å². The molecular weight excluding hydrogens is 1780 g/mol. The first-order valence-electron chi connectivity index (χ1n) is 45.6. The minimum absolute atomic E-state index is 0.0130. The maximum absolute atomic E-state index is 17.4. The lowest BCUT2D eigenvalue weighted by molar-refractivity contribution is -0.223. The summed E-state index contributed by atoms with van der Waals surface area (Å²) in [5, 5.41) is 52.4. The van der Waals surface area contributed by atoms with E-state index in [0.29, 0.717) is 40.4 Å². The van der Waals surface area contributed by atoms with Gasteiger partial charge in [-0.25, -0.2) is 22.4 Å². The van der Waals surface area contributed by atoms with E-state index in [1.165, 1.54) is 31.2 Å². The third-order valence-corrected chi connectivity index (χ3v) is 29.7. The minimum atomic E-state index is -2.29. The highest BCUT2D eigenvalue weighted by atomic mass is 19.2. The predicted octanol–water partition coefficient (Wildman–Crippen LogP) is 7.20. The molecule has 5 aliphatic heterocycles. The van der Waals surface area contributed by atoms with Crippen LogP contribution in [0.5, 0.6) is 0 Å². The van der Waals surface area contributed by atoms with Crippen molar-refractivity contribution in [1.82, 2.24) is 20.2 Å². The van der Waals surface area contributed by atoms with E-state index in [1.807, 2.05) is 66.7 Å². The first-order valence-corrected chi connectivity index (χ1v) is 45.6. The number of aliphatic hydroxyl groups is 4. The summed E-state index contributed by atoms with van der Waals surface area (Å²) in [5.41, 5.74) is 1.20. The lowest BCUT2D eigenvalue weighted by Crippen LogP contribution is -2.68. The molecule has 32 nitrogen and oxygen atoms in total. The molecule has 3 saturated heterocycles. The molecule has 9 amide bonds. The second kappa shape index (κ2) is 38.9. The van der Waals surface area contributed by atoms with Gasteiger partial charge in [0.2, 0.25) is 17.7 Å². The minimum Gasteiger partial charge on any atom is -0.390 e. The van der Waals surface area contributed by atoms with Crippen LogP contribution in [0.1, 0.15) is 165 Å². The van der Waals surface area contributed by atoms with Crippen molar-refractivity contribution in [3.05, 3.63) is 202 Å². The van der Waals surface area contributed by atoms with E-state index in [4.69, 9.17) is 24.7 Å². The molecule has 24 atom stereocenters. The van der Waals surface area contributed by atoms with Crippen molar-refractivity contribution in [2.24, 2.45) is 63.9 Å². The van der Waals surface area contributed by atoms with E-state index in [0.717, 1.165) is 68.5 Å². The van der Waals surface area contributed by atoms with E-state index < -0.39 is 232 Å². The van der Waals surface area contributed by atoms with Crippen LogP contribution in [-0.4, -0.2) is 227 Å². The largest absolute Gasteiger partial charge is 0.390 e. The van der Waals surface area contributed by atoms with Crippen LogP contribution in [0, 0.1) is 58.2 Å². The number of allylic oxidation sites excluding steroid dienone is 8. The molecule has 0 radical (unpaired) electrons. The number of nitrogens with zero attached hydrogens (tertiary/aromatic N) is 3. The van der Waals surface area contributed by atoms with Gasteiger partial charge in [-0.2, -0.15) is 0 Å². The molecule has 0 spiro atoms. The molecule has 4 aromatic carbocycles. The Balaban J connectivity index is 0.000000175. The van der Waals surface area contributed by atoms with Crippen molar-refractivity contribution in [2.75, 3.05) is 36.9 Å². The number of rotatable bonds is 28. The van der Waals surface area contributed by atoms with Gasteiger partial charge in [0, 0.05) is 138 Å². The quantitative estimate of drug-likeness (QED) is 0.0206. The Labute approximate surface area is 778 Å². The average Bonchev–Trinajstić information content (AvgIpc) is 1.50. The molecule has 9 fully saturated rings. The van der Waals surface area contributed by atoms with Crippen LogP contribution >= 0.6 is 0 Å². The van der Waals surface area contributed by atoms with Crippen LogP contribution in [0.25, 0.3) is 0 Å². The van der Waals surface area contributed by atoms with Crippen LogP contribution in [0.3, 0.4) is 0 Å². The van der Waals surface area contributed by atoms with Crippen molar-refractivity contribution in [2.45, 2.75) is 215 Å². The van der Waals surface area contributed by atoms with Crippen molar-refractivity contribution in [1.29, 1.82) is 0 Å². The molecule has 9 N–H and O–H groups in total. The number of hydroxylamine groups is 2. The fourth-order valence-electron chi connectivity index (χ4n) is 22.8. The molecule has 36 heteroatoms. The molecule has 0 bridgehead atoms. The molecule has 4 unspecified atom stereocenters. The van der Waals surface area contributed by atoms with Crippen LogP contribution in [0.4, 0.5) is 28.9 Å². The molecule has 720 valence electrons. The van der Waals surface area contributed by atoms with Gasteiger partial charge in [0.15, 0.2) is 52.7 Å². The molecule has 0 aromatic heterocycles. The Morgan fingerprint density at radius 2 is 0.919 bits per heavy atom. The van der Waals surface area contributed by atoms with Crippen LogP contribution in [-0.2, 0) is 113 Å². The third-order valence-electron chi connectivity index (χ3n) is 29.7. The summed E-state index contributed by atoms with van der Waals surface area (Å²) in [6.07, 6.45) is 1.36. The second-order valence-electron chi connectivity index (χ2n) is 38.1. The van der Waals surface area contributed by atoms with Gasteiger partial charge in [-0.1, -0.05) is 113 Å². The molecule has 4 aromatic rings. The van der Waals surface area contributed by atoms with Crippen molar-refractivity contribution in [3.63, 3.8) is 0 Å². The number of fused-ring (bicyclic) bond motifs is 14. The lowest BCUT2D eigenvalue weighted by atomic mass is 9.48. The number of carbonyl (C=O) groups excluding carboxylic acids is 16. The summed E-state index contributed by atoms with van der Waals surface area (Å²) in [6, 6.07) is 27.8. The Bertz CT molecular complexity index is 5710. The zero-order valence-electron chi connectivity index (χ0n) is 75.4. The van der Waals surface area contributed by atoms with E-state index in [9.17, 15) is 97.1 Å². The van der Waals surface area contributed by atoms with Gasteiger partial charge in [-0.3, -0.25) is 81.7 Å². The van der Waals surface area contributed by atoms with Gasteiger partial charge in [0.25, 0.3) is 35.4 Å². The van der Waals surface area contributed by atoms with E-state index in [1.54, 1.807) is 65.0 Å². The number of nitrogens with two attached hydrogens (primary N) is 1. The number of halogens is 4. The Morgan fingerprint density at radius 1 is 0.522 bits per heavy atom. The number of amides is 9. The van der Waals surface area contributed by atoms with E-state index >= 15 is 17.6 Å². The number of hydrogen-bond donors (Lipinski definition) is 8. The fourth-order valence-corrected chi connectivity index (χ4v) is 22.8. The SMILES string of the molecule is C[C@H](CC(=O)[C@H](C)NC(=O)CCN1C(=O)C=CC1=O)C(=O)Nc1cccc(Cc2ccc(C3O[C@@H]4C[C@H]5[C@@H]6C[C@H](F)C7=CC(=O)C=CC7[C@@]6(F)[C@@H](O)C[C@]5(C)[C@]4(C(=O)CO)O3)cc2)c1.C[C@H](N)C(=O)C[C@@H](C)C(=O)Nc1cccc(Cc2ccc(C3O[C@@H]4C[C@H]5[C@@H]6C[C@H](F)C7=CC(=O)C=CC7[C@@]6(F)[C@@H](O)C[C@]5(C)[C@]4(C(=O)CO)O3)cc2)c1.O=C(CCN1C(=O)C=CC1=O)ON1C(=O)CCC1=O. The first kappa shape index (κ1) is 98.5. The van der Waals surface area contributed by atoms with Crippen molar-refractivity contribution >= 4 is 105 Å².